The summed E-state index contributed by atoms with van der Waals surface area (Å²) in [5.41, 5.74) is 3.91. The highest BCUT2D eigenvalue weighted by molar-refractivity contribution is 5.85. The molecule has 106 valence electrons. The molecule has 0 bridgehead atoms. The van der Waals surface area contributed by atoms with Gasteiger partial charge in [-0.1, -0.05) is 11.6 Å². The summed E-state index contributed by atoms with van der Waals surface area (Å²) in [5.74, 6) is 0.176. The molecular formula is C16H21N3O. The van der Waals surface area contributed by atoms with Crippen molar-refractivity contribution in [1.82, 2.24) is 14.8 Å². The number of aromatic nitrogens is 1. The van der Waals surface area contributed by atoms with Gasteiger partial charge in [-0.05, 0) is 31.0 Å². The Kier molecular flexibility index (Phi) is 3.26. The molecule has 4 nitrogen and oxygen atoms in total. The lowest BCUT2D eigenvalue weighted by Crippen LogP contribution is -2.53. The average Bonchev–Trinajstić information content (AvgIpc) is 2.70. The number of hydrogen-bond donors (Lipinski definition) is 1. The Bertz CT molecular complexity index is 659. The summed E-state index contributed by atoms with van der Waals surface area (Å²) in [6.45, 7) is 3.35. The van der Waals surface area contributed by atoms with Crippen LogP contribution in [0, 0.1) is 6.92 Å². The number of aryl methyl sites for hydroxylation is 2. The third kappa shape index (κ3) is 2.31. The third-order valence-electron chi connectivity index (χ3n) is 4.16. The molecule has 0 aliphatic carbocycles. The van der Waals surface area contributed by atoms with Crippen molar-refractivity contribution < 1.29 is 4.79 Å². The van der Waals surface area contributed by atoms with Gasteiger partial charge >= 0.3 is 0 Å². The fourth-order valence-electron chi connectivity index (χ4n) is 3.02. The van der Waals surface area contributed by atoms with Crippen LogP contribution < -0.4 is 5.32 Å². The van der Waals surface area contributed by atoms with Crippen molar-refractivity contribution in [3.8, 4) is 0 Å². The molecule has 1 saturated heterocycles. The Morgan fingerprint density at radius 1 is 1.35 bits per heavy atom. The highest BCUT2D eigenvalue weighted by Gasteiger charge is 2.23. The van der Waals surface area contributed by atoms with E-state index in [1.54, 1.807) is 0 Å². The molecule has 4 heteroatoms. The highest BCUT2D eigenvalue weighted by atomic mass is 16.2. The zero-order chi connectivity index (χ0) is 14.3. The summed E-state index contributed by atoms with van der Waals surface area (Å²) in [5, 5.41) is 4.66. The van der Waals surface area contributed by atoms with Crippen molar-refractivity contribution in [3.63, 3.8) is 0 Å². The maximum Gasteiger partial charge on any atom is 0.236 e. The normalized spacial score (nSPS) is 19.9. The fraction of sp³-hybridized carbons (Fsp3) is 0.438. The molecule has 1 aliphatic heterocycles. The first-order valence-corrected chi connectivity index (χ1v) is 7.06. The van der Waals surface area contributed by atoms with E-state index in [-0.39, 0.29) is 5.91 Å². The van der Waals surface area contributed by atoms with Crippen LogP contribution in [0.3, 0.4) is 0 Å². The molecule has 0 saturated carbocycles. The van der Waals surface area contributed by atoms with Crippen LogP contribution in [-0.4, -0.2) is 41.6 Å². The van der Waals surface area contributed by atoms with Crippen LogP contribution >= 0.6 is 0 Å². The summed E-state index contributed by atoms with van der Waals surface area (Å²) < 4.78 is 2.18. The van der Waals surface area contributed by atoms with Gasteiger partial charge in [0.15, 0.2) is 0 Å². The summed E-state index contributed by atoms with van der Waals surface area (Å²) >= 11 is 0. The average molecular weight is 271 g/mol. The zero-order valence-electron chi connectivity index (χ0n) is 12.3. The van der Waals surface area contributed by atoms with Gasteiger partial charge in [-0.2, -0.15) is 0 Å². The number of amides is 1. The van der Waals surface area contributed by atoms with Gasteiger partial charge in [0.25, 0.3) is 0 Å². The Morgan fingerprint density at radius 2 is 2.15 bits per heavy atom. The van der Waals surface area contributed by atoms with Crippen LogP contribution in [0.25, 0.3) is 10.9 Å². The van der Waals surface area contributed by atoms with Crippen LogP contribution in [0.5, 0.6) is 0 Å². The highest BCUT2D eigenvalue weighted by Crippen LogP contribution is 2.23. The second kappa shape index (κ2) is 4.94. The van der Waals surface area contributed by atoms with E-state index in [1.165, 1.54) is 22.0 Å². The molecule has 1 aromatic heterocycles. The Morgan fingerprint density at radius 3 is 2.90 bits per heavy atom. The standard InChI is InChI=1S/C16H21N3O/c1-11-4-5-15-14(6-11)12(9-18(15)2)7-13-10-19(3)16(20)8-17-13/h4-6,9,13,17H,7-8,10H2,1-3H3. The molecule has 20 heavy (non-hydrogen) atoms. The van der Waals surface area contributed by atoms with Crippen LogP contribution in [0.4, 0.5) is 0 Å². The second-order valence-corrected chi connectivity index (χ2v) is 5.84. The van der Waals surface area contributed by atoms with Crippen LogP contribution in [-0.2, 0) is 18.3 Å². The molecule has 0 radical (unpaired) electrons. The van der Waals surface area contributed by atoms with Gasteiger partial charge in [-0.15, -0.1) is 0 Å². The van der Waals surface area contributed by atoms with E-state index in [1.807, 2.05) is 11.9 Å². The zero-order valence-corrected chi connectivity index (χ0v) is 12.3. The summed E-state index contributed by atoms with van der Waals surface area (Å²) in [7, 11) is 3.97. The summed E-state index contributed by atoms with van der Waals surface area (Å²) in [6.07, 6.45) is 3.17. The molecule has 1 aromatic carbocycles. The number of carbonyl (C=O) groups is 1. The predicted molar refractivity (Wildman–Crippen MR) is 80.8 cm³/mol. The van der Waals surface area contributed by atoms with E-state index in [4.69, 9.17) is 0 Å². The van der Waals surface area contributed by atoms with Gasteiger partial charge in [0, 0.05) is 43.8 Å². The monoisotopic (exact) mass is 271 g/mol. The van der Waals surface area contributed by atoms with Gasteiger partial charge in [0.2, 0.25) is 5.91 Å². The lowest BCUT2D eigenvalue weighted by molar-refractivity contribution is -0.131. The van der Waals surface area contributed by atoms with Crippen molar-refractivity contribution in [2.45, 2.75) is 19.4 Å². The number of nitrogens with one attached hydrogen (secondary N) is 1. The number of hydrogen-bond acceptors (Lipinski definition) is 2. The fourth-order valence-corrected chi connectivity index (χ4v) is 3.02. The minimum Gasteiger partial charge on any atom is -0.350 e. The van der Waals surface area contributed by atoms with E-state index >= 15 is 0 Å². The molecule has 1 unspecified atom stereocenters. The van der Waals surface area contributed by atoms with Gasteiger partial charge < -0.3 is 14.8 Å². The van der Waals surface area contributed by atoms with Crippen molar-refractivity contribution in [2.75, 3.05) is 20.1 Å². The molecule has 1 N–H and O–H groups in total. The van der Waals surface area contributed by atoms with Gasteiger partial charge in [-0.25, -0.2) is 0 Å². The molecule has 1 atom stereocenters. The van der Waals surface area contributed by atoms with Crippen molar-refractivity contribution >= 4 is 16.8 Å². The maximum absolute atomic E-state index is 11.5. The number of carbonyl (C=O) groups excluding carboxylic acids is 1. The molecule has 1 fully saturated rings. The molecule has 2 aromatic rings. The third-order valence-corrected chi connectivity index (χ3v) is 4.16. The van der Waals surface area contributed by atoms with Crippen molar-refractivity contribution in [1.29, 1.82) is 0 Å². The minimum absolute atomic E-state index is 0.176. The summed E-state index contributed by atoms with van der Waals surface area (Å²) in [6, 6.07) is 6.92. The van der Waals surface area contributed by atoms with Crippen molar-refractivity contribution in [3.05, 3.63) is 35.5 Å². The van der Waals surface area contributed by atoms with Gasteiger partial charge in [0.1, 0.15) is 0 Å². The topological polar surface area (TPSA) is 37.3 Å². The van der Waals surface area contributed by atoms with Gasteiger partial charge in [-0.3, -0.25) is 4.79 Å². The smallest absolute Gasteiger partial charge is 0.236 e. The first-order chi connectivity index (χ1) is 9.54. The van der Waals surface area contributed by atoms with Crippen LogP contribution in [0.15, 0.2) is 24.4 Å². The molecule has 0 spiro atoms. The molecule has 1 amide bonds. The molecular weight excluding hydrogens is 250 g/mol. The predicted octanol–water partition coefficient (Wildman–Crippen LogP) is 1.46. The number of piperazine rings is 1. The van der Waals surface area contributed by atoms with E-state index in [2.05, 4.69) is 48.3 Å². The van der Waals surface area contributed by atoms with Crippen LogP contribution in [0.2, 0.25) is 0 Å². The largest absolute Gasteiger partial charge is 0.350 e. The first kappa shape index (κ1) is 13.2. The lowest BCUT2D eigenvalue weighted by Gasteiger charge is -2.30. The van der Waals surface area contributed by atoms with Gasteiger partial charge in [0.05, 0.1) is 6.54 Å². The Balaban J connectivity index is 1.87. The Labute approximate surface area is 119 Å². The number of likely N-dealkylation sites (N-methyl/N-ethyl adjacent to an activating group) is 1. The van der Waals surface area contributed by atoms with E-state index in [0.29, 0.717) is 12.6 Å². The number of rotatable bonds is 2. The Hall–Kier alpha value is -1.81. The van der Waals surface area contributed by atoms with E-state index in [0.717, 1.165) is 13.0 Å². The van der Waals surface area contributed by atoms with Crippen LogP contribution in [0.1, 0.15) is 11.1 Å². The van der Waals surface area contributed by atoms with E-state index < -0.39 is 0 Å². The SMILES string of the molecule is Cc1ccc2c(c1)c(CC1CN(C)C(=O)CN1)cn2C. The summed E-state index contributed by atoms with van der Waals surface area (Å²) in [4.78, 5) is 13.3. The molecule has 1 aliphatic rings. The maximum atomic E-state index is 11.5. The minimum atomic E-state index is 0.176. The second-order valence-electron chi connectivity index (χ2n) is 5.84. The molecule has 3 rings (SSSR count). The van der Waals surface area contributed by atoms with E-state index in [9.17, 15) is 4.79 Å². The number of benzene rings is 1. The first-order valence-electron chi connectivity index (χ1n) is 7.06. The quantitative estimate of drug-likeness (QED) is 0.898. The van der Waals surface area contributed by atoms with Crippen molar-refractivity contribution in [2.24, 2.45) is 7.05 Å². The molecule has 2 heterocycles. The number of nitrogens with zero attached hydrogens (tertiary/aromatic N) is 2. The number of fused-ring (bicyclic) bond motifs is 1. The lowest BCUT2D eigenvalue weighted by atomic mass is 10.0.